The van der Waals surface area contributed by atoms with Crippen LogP contribution in [0.3, 0.4) is 0 Å². The summed E-state index contributed by atoms with van der Waals surface area (Å²) in [5, 5.41) is 7.33. The van der Waals surface area contributed by atoms with E-state index < -0.39 is 6.43 Å². The van der Waals surface area contributed by atoms with Gasteiger partial charge in [-0.15, -0.1) is 23.1 Å². The Morgan fingerprint density at radius 2 is 1.81 bits per heavy atom. The van der Waals surface area contributed by atoms with Crippen LogP contribution in [0.5, 0.6) is 0 Å². The predicted molar refractivity (Wildman–Crippen MR) is 119 cm³/mol. The van der Waals surface area contributed by atoms with Crippen molar-refractivity contribution in [3.8, 4) is 0 Å². The second-order valence-corrected chi connectivity index (χ2v) is 9.20. The van der Waals surface area contributed by atoms with Gasteiger partial charge in [0, 0.05) is 10.7 Å². The van der Waals surface area contributed by atoms with E-state index in [1.54, 1.807) is 23.5 Å². The molecule has 0 N–H and O–H groups in total. The number of allylic oxidation sites excluding steroid dienone is 1. The zero-order chi connectivity index (χ0) is 19.8. The van der Waals surface area contributed by atoms with Gasteiger partial charge in [-0.05, 0) is 30.9 Å². The van der Waals surface area contributed by atoms with Gasteiger partial charge >= 0.3 is 0 Å². The van der Waals surface area contributed by atoms with E-state index in [1.165, 1.54) is 16.9 Å². The Labute approximate surface area is 171 Å². The third-order valence-electron chi connectivity index (χ3n) is 3.47. The molecule has 0 aliphatic carbocycles. The van der Waals surface area contributed by atoms with Gasteiger partial charge in [-0.2, -0.15) is 10.2 Å². The molecule has 0 saturated carbocycles. The number of thioether (sulfide) groups is 2. The van der Waals surface area contributed by atoms with Gasteiger partial charge in [-0.25, -0.2) is 8.78 Å². The molecule has 0 fully saturated rings. The van der Waals surface area contributed by atoms with Crippen molar-refractivity contribution in [2.75, 3.05) is 6.26 Å². The third kappa shape index (κ3) is 6.75. The highest BCUT2D eigenvalue weighted by Crippen LogP contribution is 2.37. The van der Waals surface area contributed by atoms with Crippen LogP contribution >= 0.6 is 34.9 Å². The minimum absolute atomic E-state index is 0.145. The van der Waals surface area contributed by atoms with Crippen LogP contribution in [0.25, 0.3) is 5.57 Å². The molecule has 0 radical (unpaired) electrons. The van der Waals surface area contributed by atoms with Crippen LogP contribution in [0.15, 0.2) is 74.3 Å². The van der Waals surface area contributed by atoms with E-state index >= 15 is 0 Å². The number of rotatable bonds is 6. The first kappa shape index (κ1) is 21.6. The molecule has 0 spiro atoms. The standard InChI is InChI=1S/C11H10F2N2S3.C9H10/c1-6(16-2)17-10-4-3-9(18-10)7-5-8(11(12)13)15-14-7;1-8(2)9-6-4-3-5-7-9/h3-4,11H,1,5H2,2H3;3-7H,1H2,2H3. The van der Waals surface area contributed by atoms with Crippen molar-refractivity contribution in [3.63, 3.8) is 0 Å². The van der Waals surface area contributed by atoms with Crippen LogP contribution in [0.4, 0.5) is 8.78 Å². The average Bonchev–Trinajstić information content (AvgIpc) is 3.32. The van der Waals surface area contributed by atoms with E-state index in [9.17, 15) is 8.78 Å². The fourth-order valence-corrected chi connectivity index (χ4v) is 4.61. The molecule has 2 nitrogen and oxygen atoms in total. The van der Waals surface area contributed by atoms with Gasteiger partial charge in [0.1, 0.15) is 5.71 Å². The molecule has 7 heteroatoms. The highest BCUT2D eigenvalue weighted by molar-refractivity contribution is 8.22. The van der Waals surface area contributed by atoms with Gasteiger partial charge in [0.05, 0.1) is 14.8 Å². The molecule has 0 atom stereocenters. The Balaban J connectivity index is 0.000000244. The summed E-state index contributed by atoms with van der Waals surface area (Å²) in [7, 11) is 0. The van der Waals surface area contributed by atoms with Crippen LogP contribution in [-0.4, -0.2) is 24.1 Å². The van der Waals surface area contributed by atoms with Crippen molar-refractivity contribution < 1.29 is 8.78 Å². The Morgan fingerprint density at radius 1 is 1.11 bits per heavy atom. The molecule has 27 heavy (non-hydrogen) atoms. The first-order chi connectivity index (χ1) is 12.9. The fraction of sp³-hybridized carbons (Fsp3) is 0.200. The van der Waals surface area contributed by atoms with E-state index in [0.29, 0.717) is 5.71 Å². The van der Waals surface area contributed by atoms with Gasteiger partial charge in [-0.1, -0.05) is 60.8 Å². The normalized spacial score (nSPS) is 12.9. The number of benzene rings is 1. The van der Waals surface area contributed by atoms with Crippen molar-refractivity contribution in [3.05, 3.63) is 70.3 Å². The Bertz CT molecular complexity index is 855. The van der Waals surface area contributed by atoms with Gasteiger partial charge in [0.15, 0.2) is 0 Å². The molecular formula is C20H20F2N2S3. The lowest BCUT2D eigenvalue weighted by Crippen LogP contribution is -2.10. The van der Waals surface area contributed by atoms with Gasteiger partial charge in [-0.3, -0.25) is 0 Å². The molecule has 1 aromatic heterocycles. The highest BCUT2D eigenvalue weighted by Gasteiger charge is 2.22. The second kappa shape index (κ2) is 10.6. The summed E-state index contributed by atoms with van der Waals surface area (Å²) in [5.41, 5.74) is 2.81. The summed E-state index contributed by atoms with van der Waals surface area (Å²) in [4.78, 5) is 0.894. The maximum atomic E-state index is 12.4. The van der Waals surface area contributed by atoms with Gasteiger partial charge in [0.2, 0.25) is 0 Å². The Hall–Kier alpha value is -1.70. The summed E-state index contributed by atoms with van der Waals surface area (Å²) in [6, 6.07) is 14.0. The number of alkyl halides is 2. The predicted octanol–water partition coefficient (Wildman–Crippen LogP) is 7.21. The first-order valence-corrected chi connectivity index (χ1v) is 10.9. The first-order valence-electron chi connectivity index (χ1n) is 8.04. The zero-order valence-electron chi connectivity index (χ0n) is 15.1. The minimum atomic E-state index is -2.52. The van der Waals surface area contributed by atoms with Crippen molar-refractivity contribution in [2.24, 2.45) is 10.2 Å². The summed E-state index contributed by atoms with van der Waals surface area (Å²) >= 11 is 4.69. The fourth-order valence-electron chi connectivity index (χ4n) is 2.03. The minimum Gasteiger partial charge on any atom is -0.204 e. The average molecular weight is 423 g/mol. The monoisotopic (exact) mass is 422 g/mol. The van der Waals surface area contributed by atoms with E-state index in [4.69, 9.17) is 0 Å². The molecule has 2 heterocycles. The summed E-state index contributed by atoms with van der Waals surface area (Å²) in [6.07, 6.45) is -0.407. The summed E-state index contributed by atoms with van der Waals surface area (Å²) < 4.78 is 26.9. The molecule has 1 aliphatic rings. The van der Waals surface area contributed by atoms with Crippen molar-refractivity contribution in [2.45, 2.75) is 24.0 Å². The highest BCUT2D eigenvalue weighted by atomic mass is 32.2. The maximum Gasteiger partial charge on any atom is 0.278 e. The molecule has 0 amide bonds. The van der Waals surface area contributed by atoms with Crippen molar-refractivity contribution >= 4 is 51.9 Å². The van der Waals surface area contributed by atoms with E-state index in [-0.39, 0.29) is 12.1 Å². The van der Waals surface area contributed by atoms with Crippen LogP contribution in [-0.2, 0) is 0 Å². The maximum absolute atomic E-state index is 12.4. The molecule has 0 saturated heterocycles. The largest absolute Gasteiger partial charge is 0.278 e. The molecular weight excluding hydrogens is 402 g/mol. The molecule has 2 aromatic rings. The molecule has 0 unspecified atom stereocenters. The lowest BCUT2D eigenvalue weighted by atomic mass is 10.1. The SMILES string of the molecule is C=C(C)c1ccccc1.C=C(SC)Sc1ccc(C2=NN=C(C(F)F)C2)s1. The number of nitrogens with zero attached hydrogens (tertiary/aromatic N) is 2. The number of hydrogen-bond acceptors (Lipinski definition) is 5. The lowest BCUT2D eigenvalue weighted by Gasteiger charge is -1.98. The van der Waals surface area contributed by atoms with Crippen LogP contribution in [0.2, 0.25) is 0 Å². The van der Waals surface area contributed by atoms with Crippen LogP contribution in [0.1, 0.15) is 23.8 Å². The number of halogens is 2. The van der Waals surface area contributed by atoms with E-state index in [0.717, 1.165) is 18.9 Å². The number of thiophene rings is 1. The topological polar surface area (TPSA) is 24.7 Å². The Morgan fingerprint density at radius 3 is 2.33 bits per heavy atom. The zero-order valence-corrected chi connectivity index (χ0v) is 17.6. The lowest BCUT2D eigenvalue weighted by molar-refractivity contribution is 0.224. The molecule has 1 aromatic carbocycles. The van der Waals surface area contributed by atoms with E-state index in [2.05, 4.69) is 35.5 Å². The molecule has 1 aliphatic heterocycles. The summed E-state index contributed by atoms with van der Waals surface area (Å²) in [6.45, 7) is 9.73. The third-order valence-corrected chi connectivity index (χ3v) is 6.67. The number of hydrogen-bond donors (Lipinski definition) is 0. The van der Waals surface area contributed by atoms with E-state index in [1.807, 2.05) is 43.5 Å². The Kier molecular flexibility index (Phi) is 8.47. The van der Waals surface area contributed by atoms with Crippen molar-refractivity contribution in [1.29, 1.82) is 0 Å². The van der Waals surface area contributed by atoms with Crippen LogP contribution in [0, 0.1) is 0 Å². The summed E-state index contributed by atoms with van der Waals surface area (Å²) in [5.74, 6) is 0. The smallest absolute Gasteiger partial charge is 0.204 e. The van der Waals surface area contributed by atoms with Gasteiger partial charge < -0.3 is 0 Å². The molecule has 142 valence electrons. The molecule has 0 bridgehead atoms. The van der Waals surface area contributed by atoms with Gasteiger partial charge in [0.25, 0.3) is 6.43 Å². The molecule has 3 rings (SSSR count). The van der Waals surface area contributed by atoms with Crippen LogP contribution < -0.4 is 0 Å². The van der Waals surface area contributed by atoms with Crippen molar-refractivity contribution in [1.82, 2.24) is 0 Å². The second-order valence-electron chi connectivity index (χ2n) is 5.56. The quantitative estimate of drug-likeness (QED) is 0.460.